The van der Waals surface area contributed by atoms with Crippen molar-refractivity contribution in [3.63, 3.8) is 0 Å². The van der Waals surface area contributed by atoms with Gasteiger partial charge in [-0.15, -0.1) is 0 Å². The summed E-state index contributed by atoms with van der Waals surface area (Å²) < 4.78 is 5.02. The molecule has 0 spiro atoms. The molecule has 1 aliphatic rings. The van der Waals surface area contributed by atoms with E-state index < -0.39 is 0 Å². The van der Waals surface area contributed by atoms with Gasteiger partial charge >= 0.3 is 0 Å². The quantitative estimate of drug-likeness (QED) is 0.653. The molecule has 1 saturated heterocycles. The molecule has 6 nitrogen and oxygen atoms in total. The minimum absolute atomic E-state index is 0.00959. The number of amides is 2. The summed E-state index contributed by atoms with van der Waals surface area (Å²) in [4.78, 5) is 26.2. The molecule has 0 bridgehead atoms. The number of benzene rings is 1. The van der Waals surface area contributed by atoms with Crippen molar-refractivity contribution >= 4 is 11.8 Å². The molecule has 2 N–H and O–H groups in total. The lowest BCUT2D eigenvalue weighted by Crippen LogP contribution is -2.29. The fourth-order valence-electron chi connectivity index (χ4n) is 3.37. The minimum atomic E-state index is -0.255. The van der Waals surface area contributed by atoms with E-state index in [1.807, 2.05) is 0 Å². The number of hydrogen-bond acceptors (Lipinski definition) is 4. The molecule has 6 heteroatoms. The first-order chi connectivity index (χ1) is 13.7. The molecule has 0 radical (unpaired) electrons. The van der Waals surface area contributed by atoms with E-state index in [4.69, 9.17) is 4.42 Å². The molecule has 2 aromatic rings. The standard InChI is InChI=1S/C22H29N3O3/c26-21(7-4-12-23-22(27)20-6-5-15-28-20)24-16-18-8-10-19(11-9-18)17-25-13-2-1-3-14-25/h5-6,8-11,15H,1-4,7,12-14,16-17H2,(H,23,27)(H,24,26). The second-order valence-corrected chi connectivity index (χ2v) is 7.27. The Hall–Kier alpha value is -2.60. The number of carbonyl (C=O) groups is 2. The van der Waals surface area contributed by atoms with Gasteiger partial charge in [0, 0.05) is 26.1 Å². The number of hydrogen-bond donors (Lipinski definition) is 2. The highest BCUT2D eigenvalue weighted by Crippen LogP contribution is 2.13. The summed E-state index contributed by atoms with van der Waals surface area (Å²) in [5.41, 5.74) is 2.42. The Balaban J connectivity index is 1.30. The molecule has 1 aromatic heterocycles. The Bertz CT molecular complexity index is 735. The number of likely N-dealkylation sites (tertiary alicyclic amines) is 1. The van der Waals surface area contributed by atoms with Crippen LogP contribution in [0.25, 0.3) is 0 Å². The SMILES string of the molecule is O=C(CCCNC(=O)c1ccco1)NCc1ccc(CN2CCCCC2)cc1. The van der Waals surface area contributed by atoms with Gasteiger partial charge < -0.3 is 15.1 Å². The summed E-state index contributed by atoms with van der Waals surface area (Å²) in [6.45, 7) is 4.37. The molecule has 1 fully saturated rings. The molecular weight excluding hydrogens is 354 g/mol. The van der Waals surface area contributed by atoms with Crippen LogP contribution in [0.3, 0.4) is 0 Å². The lowest BCUT2D eigenvalue weighted by molar-refractivity contribution is -0.121. The Morgan fingerprint density at radius 2 is 1.71 bits per heavy atom. The van der Waals surface area contributed by atoms with Crippen molar-refractivity contribution in [2.75, 3.05) is 19.6 Å². The van der Waals surface area contributed by atoms with Gasteiger partial charge in [0.25, 0.3) is 5.91 Å². The summed E-state index contributed by atoms with van der Waals surface area (Å²) in [5.74, 6) is 0.0212. The lowest BCUT2D eigenvalue weighted by Gasteiger charge is -2.26. The summed E-state index contributed by atoms with van der Waals surface area (Å²) in [6, 6.07) is 11.8. The molecule has 3 rings (SSSR count). The molecule has 2 amide bonds. The molecule has 0 atom stereocenters. The predicted octanol–water partition coefficient (Wildman–Crippen LogP) is 3.09. The zero-order valence-corrected chi connectivity index (χ0v) is 16.3. The molecule has 28 heavy (non-hydrogen) atoms. The molecule has 0 aliphatic carbocycles. The van der Waals surface area contributed by atoms with E-state index in [0.717, 1.165) is 12.1 Å². The maximum Gasteiger partial charge on any atom is 0.286 e. The highest BCUT2D eigenvalue weighted by atomic mass is 16.3. The van der Waals surface area contributed by atoms with Crippen LogP contribution in [-0.4, -0.2) is 36.3 Å². The van der Waals surface area contributed by atoms with E-state index in [1.165, 1.54) is 44.2 Å². The third kappa shape index (κ3) is 6.53. The van der Waals surface area contributed by atoms with Crippen LogP contribution in [-0.2, 0) is 17.9 Å². The maximum absolute atomic E-state index is 12.0. The van der Waals surface area contributed by atoms with Crippen LogP contribution in [0, 0.1) is 0 Å². The highest BCUT2D eigenvalue weighted by molar-refractivity contribution is 5.91. The molecular formula is C22H29N3O3. The summed E-state index contributed by atoms with van der Waals surface area (Å²) in [7, 11) is 0. The van der Waals surface area contributed by atoms with Gasteiger partial charge in [-0.1, -0.05) is 30.7 Å². The van der Waals surface area contributed by atoms with Crippen molar-refractivity contribution < 1.29 is 14.0 Å². The third-order valence-corrected chi connectivity index (χ3v) is 4.98. The number of rotatable bonds is 9. The Morgan fingerprint density at radius 1 is 0.964 bits per heavy atom. The van der Waals surface area contributed by atoms with Gasteiger partial charge in [-0.3, -0.25) is 14.5 Å². The first kappa shape index (κ1) is 20.1. The number of piperidine rings is 1. The maximum atomic E-state index is 12.0. The monoisotopic (exact) mass is 383 g/mol. The number of nitrogens with one attached hydrogen (secondary N) is 2. The van der Waals surface area contributed by atoms with Gasteiger partial charge in [0.1, 0.15) is 0 Å². The van der Waals surface area contributed by atoms with E-state index in [9.17, 15) is 9.59 Å². The second-order valence-electron chi connectivity index (χ2n) is 7.27. The van der Waals surface area contributed by atoms with Crippen molar-refractivity contribution in [2.24, 2.45) is 0 Å². The van der Waals surface area contributed by atoms with E-state index in [0.29, 0.717) is 25.9 Å². The van der Waals surface area contributed by atoms with Crippen LogP contribution in [0.5, 0.6) is 0 Å². The van der Waals surface area contributed by atoms with Crippen LogP contribution >= 0.6 is 0 Å². The molecule has 0 saturated carbocycles. The van der Waals surface area contributed by atoms with Gasteiger partial charge in [-0.2, -0.15) is 0 Å². The van der Waals surface area contributed by atoms with Crippen LogP contribution in [0.4, 0.5) is 0 Å². The van der Waals surface area contributed by atoms with Crippen molar-refractivity contribution in [1.29, 1.82) is 0 Å². The van der Waals surface area contributed by atoms with Crippen LogP contribution < -0.4 is 10.6 Å². The van der Waals surface area contributed by atoms with E-state index in [1.54, 1.807) is 12.1 Å². The Kier molecular flexibility index (Phi) is 7.67. The van der Waals surface area contributed by atoms with Crippen molar-refractivity contribution in [3.05, 3.63) is 59.5 Å². The van der Waals surface area contributed by atoms with Crippen molar-refractivity contribution in [1.82, 2.24) is 15.5 Å². The van der Waals surface area contributed by atoms with Gasteiger partial charge in [0.15, 0.2) is 5.76 Å². The highest BCUT2D eigenvalue weighted by Gasteiger charge is 2.10. The topological polar surface area (TPSA) is 74.6 Å². The van der Waals surface area contributed by atoms with E-state index in [-0.39, 0.29) is 17.6 Å². The number of carbonyl (C=O) groups excluding carboxylic acids is 2. The average molecular weight is 383 g/mol. The molecule has 1 aliphatic heterocycles. The number of nitrogens with zero attached hydrogens (tertiary/aromatic N) is 1. The first-order valence-corrected chi connectivity index (χ1v) is 10.1. The van der Waals surface area contributed by atoms with Gasteiger partial charge in [0.05, 0.1) is 6.26 Å². The third-order valence-electron chi connectivity index (χ3n) is 4.98. The van der Waals surface area contributed by atoms with Crippen LogP contribution in [0.2, 0.25) is 0 Å². The van der Waals surface area contributed by atoms with Gasteiger partial charge in [-0.25, -0.2) is 0 Å². The largest absolute Gasteiger partial charge is 0.459 e. The average Bonchev–Trinajstić information content (AvgIpc) is 3.26. The van der Waals surface area contributed by atoms with Crippen LogP contribution in [0.1, 0.15) is 53.8 Å². The predicted molar refractivity (Wildman–Crippen MR) is 108 cm³/mol. The summed E-state index contributed by atoms with van der Waals surface area (Å²) >= 11 is 0. The fraction of sp³-hybridized carbons (Fsp3) is 0.455. The fourth-order valence-corrected chi connectivity index (χ4v) is 3.37. The number of furan rings is 1. The minimum Gasteiger partial charge on any atom is -0.459 e. The van der Waals surface area contributed by atoms with Crippen molar-refractivity contribution in [3.8, 4) is 0 Å². The molecule has 1 aromatic carbocycles. The zero-order chi connectivity index (χ0) is 19.6. The lowest BCUT2D eigenvalue weighted by atomic mass is 10.1. The Labute approximate surface area is 166 Å². The Morgan fingerprint density at radius 3 is 2.43 bits per heavy atom. The molecule has 150 valence electrons. The zero-order valence-electron chi connectivity index (χ0n) is 16.3. The molecule has 0 unspecified atom stereocenters. The summed E-state index contributed by atoms with van der Waals surface area (Å²) in [6.07, 6.45) is 6.39. The van der Waals surface area contributed by atoms with E-state index in [2.05, 4.69) is 39.8 Å². The first-order valence-electron chi connectivity index (χ1n) is 10.1. The summed E-state index contributed by atoms with van der Waals surface area (Å²) in [5, 5.41) is 5.67. The van der Waals surface area contributed by atoms with E-state index >= 15 is 0 Å². The van der Waals surface area contributed by atoms with Crippen LogP contribution in [0.15, 0.2) is 47.1 Å². The normalized spacial score (nSPS) is 14.6. The smallest absolute Gasteiger partial charge is 0.286 e. The molecule has 2 heterocycles. The van der Waals surface area contributed by atoms with Crippen molar-refractivity contribution in [2.45, 2.75) is 45.2 Å². The second kappa shape index (κ2) is 10.7. The van der Waals surface area contributed by atoms with Gasteiger partial charge in [0.2, 0.25) is 5.91 Å². The van der Waals surface area contributed by atoms with Gasteiger partial charge in [-0.05, 0) is 55.6 Å².